The summed E-state index contributed by atoms with van der Waals surface area (Å²) in [5, 5.41) is 9.96. The fourth-order valence-electron chi connectivity index (χ4n) is 2.62. The van der Waals surface area contributed by atoms with E-state index in [1.54, 1.807) is 13.0 Å². The minimum atomic E-state index is -0.537. The average Bonchev–Trinajstić information content (AvgIpc) is 3.05. The van der Waals surface area contributed by atoms with Crippen LogP contribution in [0.5, 0.6) is 0 Å². The molecule has 1 unspecified atom stereocenters. The molecule has 0 aliphatic rings. The van der Waals surface area contributed by atoms with E-state index in [0.717, 1.165) is 17.7 Å². The molecule has 3 rings (SSSR count). The number of aryl methyl sites for hydroxylation is 2. The molecule has 0 aliphatic carbocycles. The number of hydrogen-bond donors (Lipinski definition) is 2. The number of aromatic nitrogens is 1. The summed E-state index contributed by atoms with van der Waals surface area (Å²) in [6, 6.07) is 18.8. The van der Waals surface area contributed by atoms with Crippen LogP contribution >= 0.6 is 0 Å². The van der Waals surface area contributed by atoms with Gasteiger partial charge in [-0.05, 0) is 36.6 Å². The molecule has 0 bridgehead atoms. The van der Waals surface area contributed by atoms with Gasteiger partial charge in [-0.1, -0.05) is 54.5 Å². The van der Waals surface area contributed by atoms with E-state index in [1.807, 2.05) is 42.5 Å². The number of nitrogens with one attached hydrogen (secondary N) is 2. The molecule has 0 saturated carbocycles. The summed E-state index contributed by atoms with van der Waals surface area (Å²) in [5.74, 6) is 0.865. The molecule has 5 heteroatoms. The van der Waals surface area contributed by atoms with Crippen LogP contribution in [-0.2, 0) is 11.2 Å². The summed E-state index contributed by atoms with van der Waals surface area (Å²) in [6.07, 6.45) is 0.940. The third kappa shape index (κ3) is 4.26. The van der Waals surface area contributed by atoms with Crippen molar-refractivity contribution in [3.05, 3.63) is 77.6 Å². The van der Waals surface area contributed by atoms with Gasteiger partial charge in [0, 0.05) is 11.8 Å². The second-order valence-electron chi connectivity index (χ2n) is 5.85. The van der Waals surface area contributed by atoms with Crippen molar-refractivity contribution in [3.63, 3.8) is 0 Å². The Labute approximate surface area is 147 Å². The number of anilines is 2. The maximum atomic E-state index is 12.8. The largest absolute Gasteiger partial charge is 0.370 e. The van der Waals surface area contributed by atoms with Crippen LogP contribution in [0.1, 0.15) is 29.9 Å². The Balaban J connectivity index is 1.85. The van der Waals surface area contributed by atoms with E-state index in [0.29, 0.717) is 11.6 Å². The molecule has 2 N–H and O–H groups in total. The second-order valence-corrected chi connectivity index (χ2v) is 5.85. The first-order chi connectivity index (χ1) is 12.2. The van der Waals surface area contributed by atoms with Crippen LogP contribution in [0.25, 0.3) is 0 Å². The summed E-state index contributed by atoms with van der Waals surface area (Å²) in [5.41, 5.74) is 2.99. The minimum Gasteiger partial charge on any atom is -0.370 e. The first kappa shape index (κ1) is 16.8. The SMILES string of the molecule is CCc1cccc(NC(C(=O)Nc2cc(C)on2)c2ccccc2)c1. The fourth-order valence-corrected chi connectivity index (χ4v) is 2.62. The number of carbonyl (C=O) groups is 1. The summed E-state index contributed by atoms with van der Waals surface area (Å²) >= 11 is 0. The van der Waals surface area contributed by atoms with Gasteiger partial charge in [-0.2, -0.15) is 0 Å². The normalized spacial score (nSPS) is 11.8. The number of benzene rings is 2. The van der Waals surface area contributed by atoms with Crippen LogP contribution in [0.2, 0.25) is 0 Å². The van der Waals surface area contributed by atoms with Crippen LogP contribution in [-0.4, -0.2) is 11.1 Å². The van der Waals surface area contributed by atoms with Gasteiger partial charge in [0.25, 0.3) is 5.91 Å². The number of hydrogen-bond acceptors (Lipinski definition) is 4. The van der Waals surface area contributed by atoms with Gasteiger partial charge in [-0.15, -0.1) is 0 Å². The molecule has 1 atom stereocenters. The molecule has 0 radical (unpaired) electrons. The number of carbonyl (C=O) groups excluding carboxylic acids is 1. The highest BCUT2D eigenvalue weighted by molar-refractivity contribution is 5.96. The van der Waals surface area contributed by atoms with Gasteiger partial charge in [0.05, 0.1) is 0 Å². The van der Waals surface area contributed by atoms with Crippen molar-refractivity contribution in [3.8, 4) is 0 Å². The Hall–Kier alpha value is -3.08. The van der Waals surface area contributed by atoms with Gasteiger partial charge in [0.15, 0.2) is 5.82 Å². The fraction of sp³-hybridized carbons (Fsp3) is 0.200. The molecule has 1 aromatic heterocycles. The van der Waals surface area contributed by atoms with Crippen molar-refractivity contribution in [2.24, 2.45) is 0 Å². The lowest BCUT2D eigenvalue weighted by molar-refractivity contribution is -0.117. The Kier molecular flexibility index (Phi) is 5.14. The summed E-state index contributed by atoms with van der Waals surface area (Å²) in [4.78, 5) is 12.8. The zero-order chi connectivity index (χ0) is 17.6. The van der Waals surface area contributed by atoms with Crippen molar-refractivity contribution in [1.82, 2.24) is 5.16 Å². The molecule has 0 saturated heterocycles. The van der Waals surface area contributed by atoms with E-state index in [9.17, 15) is 4.79 Å². The Morgan fingerprint density at radius 1 is 1.12 bits per heavy atom. The Bertz CT molecular complexity index is 843. The van der Waals surface area contributed by atoms with E-state index in [4.69, 9.17) is 4.52 Å². The molecule has 25 heavy (non-hydrogen) atoms. The van der Waals surface area contributed by atoms with Crippen molar-refractivity contribution in [2.45, 2.75) is 26.3 Å². The monoisotopic (exact) mass is 335 g/mol. The van der Waals surface area contributed by atoms with Crippen LogP contribution in [0.4, 0.5) is 11.5 Å². The zero-order valence-electron chi connectivity index (χ0n) is 14.3. The summed E-state index contributed by atoms with van der Waals surface area (Å²) in [7, 11) is 0. The lowest BCUT2D eigenvalue weighted by Crippen LogP contribution is -2.27. The zero-order valence-corrected chi connectivity index (χ0v) is 14.3. The van der Waals surface area contributed by atoms with Crippen molar-refractivity contribution >= 4 is 17.4 Å². The third-order valence-electron chi connectivity index (χ3n) is 3.92. The van der Waals surface area contributed by atoms with Crippen LogP contribution in [0.3, 0.4) is 0 Å². The van der Waals surface area contributed by atoms with Crippen LogP contribution < -0.4 is 10.6 Å². The van der Waals surface area contributed by atoms with Crippen molar-refractivity contribution in [2.75, 3.05) is 10.6 Å². The highest BCUT2D eigenvalue weighted by Crippen LogP contribution is 2.22. The van der Waals surface area contributed by atoms with Gasteiger partial charge in [-0.25, -0.2) is 0 Å². The lowest BCUT2D eigenvalue weighted by Gasteiger charge is -2.19. The lowest BCUT2D eigenvalue weighted by atomic mass is 10.0. The van der Waals surface area contributed by atoms with E-state index in [-0.39, 0.29) is 5.91 Å². The maximum Gasteiger partial charge on any atom is 0.252 e. The van der Waals surface area contributed by atoms with E-state index in [2.05, 4.69) is 34.8 Å². The molecule has 1 amide bonds. The van der Waals surface area contributed by atoms with Gasteiger partial charge < -0.3 is 15.2 Å². The molecule has 128 valence electrons. The topological polar surface area (TPSA) is 67.2 Å². The van der Waals surface area contributed by atoms with Gasteiger partial charge in [-0.3, -0.25) is 4.79 Å². The highest BCUT2D eigenvalue weighted by atomic mass is 16.5. The molecule has 0 spiro atoms. The second kappa shape index (κ2) is 7.66. The predicted molar refractivity (Wildman–Crippen MR) is 98.5 cm³/mol. The molecule has 5 nitrogen and oxygen atoms in total. The smallest absolute Gasteiger partial charge is 0.252 e. The molecule has 0 aliphatic heterocycles. The number of nitrogens with zero attached hydrogens (tertiary/aromatic N) is 1. The molecule has 2 aromatic carbocycles. The maximum absolute atomic E-state index is 12.8. The van der Waals surface area contributed by atoms with Gasteiger partial charge in [0.1, 0.15) is 11.8 Å². The first-order valence-corrected chi connectivity index (χ1v) is 8.30. The minimum absolute atomic E-state index is 0.193. The van der Waals surface area contributed by atoms with E-state index >= 15 is 0 Å². The van der Waals surface area contributed by atoms with Crippen molar-refractivity contribution in [1.29, 1.82) is 0 Å². The van der Waals surface area contributed by atoms with E-state index < -0.39 is 6.04 Å². The van der Waals surface area contributed by atoms with Crippen molar-refractivity contribution < 1.29 is 9.32 Å². The molecule has 3 aromatic rings. The molecular weight excluding hydrogens is 314 g/mol. The Morgan fingerprint density at radius 3 is 2.60 bits per heavy atom. The van der Waals surface area contributed by atoms with Crippen LogP contribution in [0.15, 0.2) is 65.2 Å². The standard InChI is InChI=1S/C20H21N3O2/c1-3-15-8-7-11-17(13-15)21-19(16-9-5-4-6-10-16)20(24)22-18-12-14(2)25-23-18/h4-13,19,21H,3H2,1-2H3,(H,22,23,24). The van der Waals surface area contributed by atoms with Gasteiger partial charge >= 0.3 is 0 Å². The predicted octanol–water partition coefficient (Wildman–Crippen LogP) is 4.34. The third-order valence-corrected chi connectivity index (χ3v) is 3.92. The molecule has 0 fully saturated rings. The molecular formula is C20H21N3O2. The average molecular weight is 335 g/mol. The van der Waals surface area contributed by atoms with Gasteiger partial charge in [0.2, 0.25) is 0 Å². The van der Waals surface area contributed by atoms with E-state index in [1.165, 1.54) is 5.56 Å². The first-order valence-electron chi connectivity index (χ1n) is 8.30. The number of amides is 1. The Morgan fingerprint density at radius 2 is 1.92 bits per heavy atom. The van der Waals surface area contributed by atoms with Crippen LogP contribution in [0, 0.1) is 6.92 Å². The summed E-state index contributed by atoms with van der Waals surface area (Å²) in [6.45, 7) is 3.89. The quantitative estimate of drug-likeness (QED) is 0.703. The summed E-state index contributed by atoms with van der Waals surface area (Å²) < 4.78 is 5.01. The number of rotatable bonds is 6. The molecule has 1 heterocycles. The highest BCUT2D eigenvalue weighted by Gasteiger charge is 2.21.